The molecule has 1 amide bonds. The lowest BCUT2D eigenvalue weighted by molar-refractivity contribution is -0.137. The number of alkyl halides is 3. The van der Waals surface area contributed by atoms with Gasteiger partial charge in [-0.05, 0) is 30.2 Å². The van der Waals surface area contributed by atoms with Crippen molar-refractivity contribution in [3.63, 3.8) is 0 Å². The zero-order chi connectivity index (χ0) is 17.9. The van der Waals surface area contributed by atoms with Crippen molar-refractivity contribution in [1.29, 1.82) is 0 Å². The van der Waals surface area contributed by atoms with Crippen LogP contribution < -0.4 is 11.1 Å². The van der Waals surface area contributed by atoms with Gasteiger partial charge in [0.25, 0.3) is 0 Å². The van der Waals surface area contributed by atoms with Crippen LogP contribution in [0.3, 0.4) is 0 Å². The number of nitrogens with one attached hydrogen (secondary N) is 1. The number of benzene rings is 1. The van der Waals surface area contributed by atoms with Gasteiger partial charge in [0.15, 0.2) is 0 Å². The number of amides is 1. The molecule has 1 aromatic heterocycles. The lowest BCUT2D eigenvalue weighted by atomic mass is 9.99. The van der Waals surface area contributed by atoms with E-state index in [-0.39, 0.29) is 24.2 Å². The average Bonchev–Trinajstić information content (AvgIpc) is 3.01. The van der Waals surface area contributed by atoms with Gasteiger partial charge in [-0.3, -0.25) is 4.79 Å². The van der Waals surface area contributed by atoms with Crippen molar-refractivity contribution in [2.24, 2.45) is 11.7 Å². The molecular formula is C16H20ClF3N4O. The van der Waals surface area contributed by atoms with Gasteiger partial charge in [0.05, 0.1) is 35.4 Å². The van der Waals surface area contributed by atoms with Gasteiger partial charge in [-0.2, -0.15) is 18.3 Å². The molecule has 2 unspecified atom stereocenters. The van der Waals surface area contributed by atoms with Crippen LogP contribution in [0.2, 0.25) is 0 Å². The minimum Gasteiger partial charge on any atom is -0.322 e. The molecule has 3 N–H and O–H groups in total. The van der Waals surface area contributed by atoms with Crippen LogP contribution in [-0.4, -0.2) is 21.7 Å². The zero-order valence-corrected chi connectivity index (χ0v) is 14.6. The molecule has 0 aliphatic rings. The maximum atomic E-state index is 12.6. The van der Waals surface area contributed by atoms with Gasteiger partial charge in [-0.1, -0.05) is 20.3 Å². The zero-order valence-electron chi connectivity index (χ0n) is 13.7. The molecule has 0 radical (unpaired) electrons. The quantitative estimate of drug-likeness (QED) is 0.837. The standard InChI is InChI=1S/C16H19F3N4O.ClH/c1-3-10(2)14(20)15(24)22-12-8-21-23(9-12)13-6-4-11(5-7-13)16(17,18)19;/h4-10,14H,3,20H2,1-2H3,(H,22,24);1H. The van der Waals surface area contributed by atoms with Crippen LogP contribution >= 0.6 is 12.4 Å². The van der Waals surface area contributed by atoms with Crippen molar-refractivity contribution >= 4 is 24.0 Å². The highest BCUT2D eigenvalue weighted by molar-refractivity contribution is 5.94. The highest BCUT2D eigenvalue weighted by Gasteiger charge is 2.30. The third kappa shape index (κ3) is 5.20. The minimum atomic E-state index is -4.38. The number of rotatable bonds is 5. The largest absolute Gasteiger partial charge is 0.416 e. The molecule has 2 aromatic rings. The summed E-state index contributed by atoms with van der Waals surface area (Å²) in [5.74, 6) is -0.286. The molecule has 0 saturated heterocycles. The molecule has 0 aliphatic heterocycles. The monoisotopic (exact) mass is 376 g/mol. The van der Waals surface area contributed by atoms with Crippen LogP contribution in [0.25, 0.3) is 5.69 Å². The number of nitrogens with two attached hydrogens (primary N) is 1. The summed E-state index contributed by atoms with van der Waals surface area (Å²) >= 11 is 0. The number of hydrogen-bond acceptors (Lipinski definition) is 3. The molecule has 2 rings (SSSR count). The van der Waals surface area contributed by atoms with Crippen LogP contribution in [0.15, 0.2) is 36.7 Å². The Labute approximate surface area is 149 Å². The topological polar surface area (TPSA) is 72.9 Å². The second kappa shape index (κ2) is 8.35. The molecule has 25 heavy (non-hydrogen) atoms. The molecule has 1 heterocycles. The van der Waals surface area contributed by atoms with Crippen LogP contribution in [0.5, 0.6) is 0 Å². The molecular weight excluding hydrogens is 357 g/mol. The molecule has 5 nitrogen and oxygen atoms in total. The van der Waals surface area contributed by atoms with Gasteiger partial charge in [0, 0.05) is 0 Å². The summed E-state index contributed by atoms with van der Waals surface area (Å²) in [4.78, 5) is 12.0. The van der Waals surface area contributed by atoms with E-state index in [1.54, 1.807) is 0 Å². The van der Waals surface area contributed by atoms with Gasteiger partial charge >= 0.3 is 6.18 Å². The highest BCUT2D eigenvalue weighted by atomic mass is 35.5. The molecule has 2 atom stereocenters. The fourth-order valence-corrected chi connectivity index (χ4v) is 2.07. The molecule has 0 fully saturated rings. The molecule has 0 saturated carbocycles. The van der Waals surface area contributed by atoms with E-state index in [4.69, 9.17) is 5.73 Å². The molecule has 0 bridgehead atoms. The maximum Gasteiger partial charge on any atom is 0.416 e. The fraction of sp³-hybridized carbons (Fsp3) is 0.375. The van der Waals surface area contributed by atoms with E-state index in [1.165, 1.54) is 29.2 Å². The number of carbonyl (C=O) groups excluding carboxylic acids is 1. The van der Waals surface area contributed by atoms with Gasteiger partial charge in [-0.15, -0.1) is 12.4 Å². The average molecular weight is 377 g/mol. The van der Waals surface area contributed by atoms with Crippen LogP contribution in [0.4, 0.5) is 18.9 Å². The lowest BCUT2D eigenvalue weighted by Crippen LogP contribution is -2.40. The fourth-order valence-electron chi connectivity index (χ4n) is 2.07. The third-order valence-electron chi connectivity index (χ3n) is 3.87. The number of aromatic nitrogens is 2. The Morgan fingerprint density at radius 1 is 1.32 bits per heavy atom. The van der Waals surface area contributed by atoms with Crippen molar-refractivity contribution in [2.45, 2.75) is 32.5 Å². The second-order valence-electron chi connectivity index (χ2n) is 5.62. The summed E-state index contributed by atoms with van der Waals surface area (Å²) in [5.41, 5.74) is 6.00. The maximum absolute atomic E-state index is 12.6. The normalized spacial score (nSPS) is 13.7. The molecule has 138 valence electrons. The first kappa shape index (κ1) is 21.0. The van der Waals surface area contributed by atoms with E-state index in [2.05, 4.69) is 10.4 Å². The molecule has 0 spiro atoms. The Balaban J connectivity index is 0.00000312. The SMILES string of the molecule is CCC(C)C(N)C(=O)Nc1cnn(-c2ccc(C(F)(F)F)cc2)c1.Cl. The van der Waals surface area contributed by atoms with E-state index in [9.17, 15) is 18.0 Å². The first-order chi connectivity index (χ1) is 11.2. The Morgan fingerprint density at radius 3 is 2.44 bits per heavy atom. The van der Waals surface area contributed by atoms with Crippen LogP contribution in [0.1, 0.15) is 25.8 Å². The third-order valence-corrected chi connectivity index (χ3v) is 3.87. The first-order valence-electron chi connectivity index (χ1n) is 7.51. The lowest BCUT2D eigenvalue weighted by Gasteiger charge is -2.16. The smallest absolute Gasteiger partial charge is 0.322 e. The van der Waals surface area contributed by atoms with E-state index in [1.807, 2.05) is 13.8 Å². The summed E-state index contributed by atoms with van der Waals surface area (Å²) in [6.07, 6.45) is -0.671. The first-order valence-corrected chi connectivity index (χ1v) is 7.51. The van der Waals surface area contributed by atoms with E-state index in [0.717, 1.165) is 18.6 Å². The second-order valence-corrected chi connectivity index (χ2v) is 5.62. The molecule has 9 heteroatoms. The van der Waals surface area contributed by atoms with Crippen molar-refractivity contribution in [2.75, 3.05) is 5.32 Å². The van der Waals surface area contributed by atoms with E-state index >= 15 is 0 Å². The summed E-state index contributed by atoms with van der Waals surface area (Å²) in [6.45, 7) is 3.83. The highest BCUT2D eigenvalue weighted by Crippen LogP contribution is 2.29. The van der Waals surface area contributed by atoms with E-state index < -0.39 is 17.8 Å². The Morgan fingerprint density at radius 2 is 1.92 bits per heavy atom. The predicted molar refractivity (Wildman–Crippen MR) is 91.9 cm³/mol. The Hall–Kier alpha value is -2.06. The number of anilines is 1. The summed E-state index contributed by atoms with van der Waals surface area (Å²) in [7, 11) is 0. The predicted octanol–water partition coefficient (Wildman–Crippen LogP) is 3.62. The summed E-state index contributed by atoms with van der Waals surface area (Å²) in [5, 5.41) is 6.69. The number of hydrogen-bond donors (Lipinski definition) is 2. The van der Waals surface area contributed by atoms with Crippen molar-refractivity contribution < 1.29 is 18.0 Å². The molecule has 1 aromatic carbocycles. The van der Waals surface area contributed by atoms with Gasteiger partial charge < -0.3 is 11.1 Å². The van der Waals surface area contributed by atoms with Gasteiger partial charge in [0.2, 0.25) is 5.91 Å². The summed E-state index contributed by atoms with van der Waals surface area (Å²) in [6, 6.07) is 3.95. The van der Waals surface area contributed by atoms with Crippen LogP contribution in [0, 0.1) is 5.92 Å². The van der Waals surface area contributed by atoms with Crippen LogP contribution in [-0.2, 0) is 11.0 Å². The summed E-state index contributed by atoms with van der Waals surface area (Å²) < 4.78 is 39.1. The number of nitrogens with zero attached hydrogens (tertiary/aromatic N) is 2. The minimum absolute atomic E-state index is 0. The van der Waals surface area contributed by atoms with Crippen molar-refractivity contribution in [3.05, 3.63) is 42.2 Å². The Kier molecular flexibility index (Phi) is 7.01. The number of halogens is 4. The van der Waals surface area contributed by atoms with E-state index in [0.29, 0.717) is 11.4 Å². The van der Waals surface area contributed by atoms with Crippen molar-refractivity contribution in [1.82, 2.24) is 9.78 Å². The Bertz CT molecular complexity index is 700. The van der Waals surface area contributed by atoms with Gasteiger partial charge in [-0.25, -0.2) is 4.68 Å². The van der Waals surface area contributed by atoms with Crippen molar-refractivity contribution in [3.8, 4) is 5.69 Å². The van der Waals surface area contributed by atoms with Gasteiger partial charge in [0.1, 0.15) is 0 Å². The number of carbonyl (C=O) groups is 1. The molecule has 0 aliphatic carbocycles.